The molecular weight excluding hydrogens is 310 g/mol. The Balaban J connectivity index is 1.46. The van der Waals surface area contributed by atoms with Crippen LogP contribution in [-0.4, -0.2) is 29.9 Å². The van der Waals surface area contributed by atoms with Gasteiger partial charge >= 0.3 is 0 Å². The summed E-state index contributed by atoms with van der Waals surface area (Å²) in [5.74, 6) is 2.15. The van der Waals surface area contributed by atoms with Gasteiger partial charge in [0, 0.05) is 11.9 Å². The molecule has 0 amide bonds. The van der Waals surface area contributed by atoms with E-state index in [1.807, 2.05) is 0 Å². The van der Waals surface area contributed by atoms with E-state index >= 15 is 0 Å². The maximum absolute atomic E-state index is 3.51. The number of hydrogen-bond acceptors (Lipinski definition) is 1. The number of nitrogens with zero attached hydrogens (tertiary/aromatic N) is 1. The lowest BCUT2D eigenvalue weighted by molar-refractivity contribution is 0.0856. The van der Waals surface area contributed by atoms with Crippen molar-refractivity contribution in [2.24, 2.45) is 11.8 Å². The molecule has 2 heteroatoms. The molecule has 20 heavy (non-hydrogen) atoms. The van der Waals surface area contributed by atoms with Crippen molar-refractivity contribution in [1.82, 2.24) is 4.90 Å². The molecule has 1 nitrogen and oxygen atoms in total. The first-order valence-corrected chi connectivity index (χ1v) is 10.3. The van der Waals surface area contributed by atoms with Crippen LogP contribution < -0.4 is 0 Å². The van der Waals surface area contributed by atoms with Crippen LogP contribution >= 0.6 is 15.9 Å². The monoisotopic (exact) mass is 343 g/mol. The van der Waals surface area contributed by atoms with Gasteiger partial charge in [0.05, 0.1) is 0 Å². The molecule has 2 fully saturated rings. The van der Waals surface area contributed by atoms with Crippen molar-refractivity contribution < 1.29 is 0 Å². The Bertz CT molecular complexity index is 244. The van der Waals surface area contributed by atoms with Gasteiger partial charge in [-0.15, -0.1) is 0 Å². The Morgan fingerprint density at radius 3 is 2.15 bits per heavy atom. The summed E-state index contributed by atoms with van der Waals surface area (Å²) in [7, 11) is 0. The first-order chi connectivity index (χ1) is 9.90. The van der Waals surface area contributed by atoms with Gasteiger partial charge in [0.15, 0.2) is 0 Å². The molecule has 2 atom stereocenters. The van der Waals surface area contributed by atoms with Crippen LogP contribution in [0.5, 0.6) is 0 Å². The largest absolute Gasteiger partial charge is 0.303 e. The Hall–Kier alpha value is 0.440. The summed E-state index contributed by atoms with van der Waals surface area (Å²) < 4.78 is 0. The van der Waals surface area contributed by atoms with E-state index in [0.29, 0.717) is 0 Å². The molecule has 0 spiro atoms. The summed E-state index contributed by atoms with van der Waals surface area (Å²) in [6, 6.07) is 0. The fourth-order valence-corrected chi connectivity index (χ4v) is 4.59. The minimum Gasteiger partial charge on any atom is -0.303 e. The zero-order valence-electron chi connectivity index (χ0n) is 13.3. The number of rotatable bonds is 9. The summed E-state index contributed by atoms with van der Waals surface area (Å²) in [5.41, 5.74) is 0. The zero-order chi connectivity index (χ0) is 14.0. The molecule has 0 aromatic rings. The zero-order valence-corrected chi connectivity index (χ0v) is 14.9. The van der Waals surface area contributed by atoms with Crippen molar-refractivity contribution in [2.75, 3.05) is 25.0 Å². The van der Waals surface area contributed by atoms with Crippen molar-refractivity contribution in [2.45, 2.75) is 77.0 Å². The molecule has 1 saturated carbocycles. The van der Waals surface area contributed by atoms with Crippen molar-refractivity contribution in [3.63, 3.8) is 0 Å². The van der Waals surface area contributed by atoms with E-state index in [9.17, 15) is 0 Å². The lowest BCUT2D eigenvalue weighted by atomic mass is 9.75. The van der Waals surface area contributed by atoms with Crippen LogP contribution in [0.4, 0.5) is 0 Å². The summed E-state index contributed by atoms with van der Waals surface area (Å²) in [6.07, 6.45) is 17.6. The van der Waals surface area contributed by atoms with E-state index in [-0.39, 0.29) is 0 Å². The number of unbranched alkanes of at least 4 members (excludes halogenated alkanes) is 6. The van der Waals surface area contributed by atoms with E-state index in [1.165, 1.54) is 102 Å². The highest BCUT2D eigenvalue weighted by Gasteiger charge is 2.30. The van der Waals surface area contributed by atoms with E-state index in [4.69, 9.17) is 0 Å². The molecule has 1 heterocycles. The van der Waals surface area contributed by atoms with E-state index in [1.54, 1.807) is 0 Å². The third-order valence-corrected chi connectivity index (χ3v) is 6.04. The number of fused-ring (bicyclic) bond motifs is 1. The Morgan fingerprint density at radius 1 is 0.750 bits per heavy atom. The summed E-state index contributed by atoms with van der Waals surface area (Å²) >= 11 is 3.51. The summed E-state index contributed by atoms with van der Waals surface area (Å²) in [6.45, 7) is 4.20. The summed E-state index contributed by atoms with van der Waals surface area (Å²) in [5, 5.41) is 1.18. The number of halogens is 1. The average Bonchev–Trinajstić information content (AvgIpc) is 2.50. The number of likely N-dealkylation sites (tertiary alicyclic amines) is 1. The lowest BCUT2D eigenvalue weighted by Gasteiger charge is -2.41. The minimum absolute atomic E-state index is 1.06. The third-order valence-electron chi connectivity index (χ3n) is 5.48. The Labute approximate surface area is 135 Å². The number of hydrogen-bond donors (Lipinski definition) is 0. The Morgan fingerprint density at radius 2 is 1.40 bits per heavy atom. The minimum atomic E-state index is 1.06. The first-order valence-electron chi connectivity index (χ1n) is 9.18. The van der Waals surface area contributed by atoms with Gasteiger partial charge in [0.25, 0.3) is 0 Å². The lowest BCUT2D eigenvalue weighted by Crippen LogP contribution is -2.42. The van der Waals surface area contributed by atoms with Crippen molar-refractivity contribution in [3.05, 3.63) is 0 Å². The molecule has 1 saturated heterocycles. The highest BCUT2D eigenvalue weighted by molar-refractivity contribution is 9.09. The second-order valence-corrected chi connectivity index (χ2v) is 7.85. The quantitative estimate of drug-likeness (QED) is 0.387. The molecule has 0 bridgehead atoms. The van der Waals surface area contributed by atoms with Crippen LogP contribution in [0.25, 0.3) is 0 Å². The van der Waals surface area contributed by atoms with Gasteiger partial charge in [0.2, 0.25) is 0 Å². The van der Waals surface area contributed by atoms with Gasteiger partial charge in [-0.25, -0.2) is 0 Å². The van der Waals surface area contributed by atoms with Gasteiger partial charge in [-0.1, -0.05) is 67.3 Å². The van der Waals surface area contributed by atoms with Gasteiger partial charge in [-0.3, -0.25) is 0 Å². The van der Waals surface area contributed by atoms with Crippen molar-refractivity contribution in [3.8, 4) is 0 Å². The SMILES string of the molecule is BrCCCCCCCCCN1CCC2CCCCC2C1. The molecule has 1 aliphatic carbocycles. The predicted molar refractivity (Wildman–Crippen MR) is 92.6 cm³/mol. The van der Waals surface area contributed by atoms with Crippen molar-refractivity contribution in [1.29, 1.82) is 0 Å². The average molecular weight is 344 g/mol. The van der Waals surface area contributed by atoms with Crippen LogP contribution in [0.3, 0.4) is 0 Å². The molecular formula is C18H34BrN. The molecule has 118 valence electrons. The Kier molecular flexibility index (Phi) is 8.58. The van der Waals surface area contributed by atoms with Crippen LogP contribution in [0.15, 0.2) is 0 Å². The fraction of sp³-hybridized carbons (Fsp3) is 1.00. The molecule has 0 N–H and O–H groups in total. The molecule has 0 aromatic carbocycles. The van der Waals surface area contributed by atoms with Gasteiger partial charge in [0.1, 0.15) is 0 Å². The van der Waals surface area contributed by atoms with Crippen LogP contribution in [0.1, 0.15) is 77.0 Å². The van der Waals surface area contributed by atoms with Gasteiger partial charge < -0.3 is 4.90 Å². The maximum atomic E-state index is 3.51. The smallest absolute Gasteiger partial charge is 0.00313 e. The second kappa shape index (κ2) is 10.2. The van der Waals surface area contributed by atoms with Gasteiger partial charge in [-0.2, -0.15) is 0 Å². The van der Waals surface area contributed by atoms with Crippen molar-refractivity contribution >= 4 is 15.9 Å². The third kappa shape index (κ3) is 6.05. The van der Waals surface area contributed by atoms with E-state index in [0.717, 1.165) is 11.8 Å². The second-order valence-electron chi connectivity index (χ2n) is 7.06. The topological polar surface area (TPSA) is 3.24 Å². The molecule has 2 rings (SSSR count). The van der Waals surface area contributed by atoms with Crippen LogP contribution in [-0.2, 0) is 0 Å². The van der Waals surface area contributed by atoms with Gasteiger partial charge in [-0.05, 0) is 50.6 Å². The number of piperidine rings is 1. The maximum Gasteiger partial charge on any atom is 0.00313 e. The first kappa shape index (κ1) is 16.8. The standard InChI is InChI=1S/C18H34BrN/c19-13-8-4-2-1-3-5-9-14-20-15-12-17-10-6-7-11-18(17)16-20/h17-18H,1-16H2. The highest BCUT2D eigenvalue weighted by atomic mass is 79.9. The summed E-state index contributed by atoms with van der Waals surface area (Å²) in [4.78, 5) is 2.78. The highest BCUT2D eigenvalue weighted by Crippen LogP contribution is 2.36. The molecule has 1 aliphatic heterocycles. The normalized spacial score (nSPS) is 27.4. The van der Waals surface area contributed by atoms with Crippen LogP contribution in [0.2, 0.25) is 0 Å². The molecule has 0 aromatic heterocycles. The molecule has 2 aliphatic rings. The molecule has 0 radical (unpaired) electrons. The van der Waals surface area contributed by atoms with E-state index < -0.39 is 0 Å². The van der Waals surface area contributed by atoms with E-state index in [2.05, 4.69) is 20.8 Å². The van der Waals surface area contributed by atoms with Crippen LogP contribution in [0, 0.1) is 11.8 Å². The fourth-order valence-electron chi connectivity index (χ4n) is 4.19. The predicted octanol–water partition coefficient (Wildman–Crippen LogP) is 5.62. The number of alkyl halides is 1. The molecule has 2 unspecified atom stereocenters.